The van der Waals surface area contributed by atoms with E-state index in [1.165, 1.54) is 0 Å². The summed E-state index contributed by atoms with van der Waals surface area (Å²) >= 11 is 0. The molecule has 0 N–H and O–H groups in total. The second kappa shape index (κ2) is 7.05. The van der Waals surface area contributed by atoms with Gasteiger partial charge in [-0.3, -0.25) is 0 Å². The minimum atomic E-state index is 0.694. The van der Waals surface area contributed by atoms with Gasteiger partial charge in [0.15, 0.2) is 0 Å². The molecular weight excluding hydrogens is 344 g/mol. The molecule has 0 spiro atoms. The molecule has 3 nitrogen and oxygen atoms in total. The van der Waals surface area contributed by atoms with Gasteiger partial charge in [-0.15, -0.1) is 0 Å². The van der Waals surface area contributed by atoms with Crippen LogP contribution in [-0.2, 0) is 0 Å². The summed E-state index contributed by atoms with van der Waals surface area (Å²) < 4.78 is 7.90. The fourth-order valence-corrected chi connectivity index (χ4v) is 3.34. The van der Waals surface area contributed by atoms with E-state index in [4.69, 9.17) is 10.2 Å². The van der Waals surface area contributed by atoms with E-state index < -0.39 is 0 Å². The standard InChI is InChI=1S/C25H18N2O/c1-4-10-19(11-5-1)22-16-24(21-14-8-3-9-15-21)27-25(17-22)28-18-23(26-27)20-12-6-2-7-13-20/h1-18H. The van der Waals surface area contributed by atoms with E-state index in [0.29, 0.717) is 5.88 Å². The highest BCUT2D eigenvalue weighted by molar-refractivity contribution is 5.74. The lowest BCUT2D eigenvalue weighted by molar-refractivity contribution is -0.615. The largest absolute Gasteiger partial charge is 0.414 e. The first-order valence-electron chi connectivity index (χ1n) is 9.24. The molecule has 5 rings (SSSR count). The second-order valence-electron chi connectivity index (χ2n) is 6.60. The molecule has 28 heavy (non-hydrogen) atoms. The van der Waals surface area contributed by atoms with E-state index in [-0.39, 0.29) is 0 Å². The quantitative estimate of drug-likeness (QED) is 0.421. The zero-order valence-electron chi connectivity index (χ0n) is 15.2. The smallest absolute Gasteiger partial charge is 0.369 e. The van der Waals surface area contributed by atoms with Crippen molar-refractivity contribution in [3.05, 3.63) is 120 Å². The Morgan fingerprint density at radius 3 is 1.79 bits per heavy atom. The summed E-state index contributed by atoms with van der Waals surface area (Å²) in [5.74, 6) is 0.694. The maximum atomic E-state index is 6.02. The highest BCUT2D eigenvalue weighted by atomic mass is 16.5. The van der Waals surface area contributed by atoms with Crippen LogP contribution in [0, 0.1) is 0 Å². The SMILES string of the molecule is C1=C(c2ccccc2)[N-][n+]2c(cc(-c3ccccc3)cc2-c2ccccc2)O1. The first-order valence-corrected chi connectivity index (χ1v) is 9.24. The third kappa shape index (κ3) is 3.03. The van der Waals surface area contributed by atoms with Gasteiger partial charge in [-0.25, -0.2) is 0 Å². The molecule has 0 aliphatic carbocycles. The van der Waals surface area contributed by atoms with Crippen molar-refractivity contribution in [3.8, 4) is 28.3 Å². The Labute approximate surface area is 164 Å². The average Bonchev–Trinajstić information content (AvgIpc) is 2.80. The lowest BCUT2D eigenvalue weighted by Gasteiger charge is -2.26. The predicted octanol–water partition coefficient (Wildman–Crippen LogP) is 5.84. The van der Waals surface area contributed by atoms with Crippen molar-refractivity contribution in [2.24, 2.45) is 0 Å². The molecule has 0 amide bonds. The van der Waals surface area contributed by atoms with Gasteiger partial charge >= 0.3 is 5.88 Å². The first kappa shape index (κ1) is 16.3. The Morgan fingerprint density at radius 2 is 1.14 bits per heavy atom. The zero-order valence-corrected chi connectivity index (χ0v) is 15.2. The Bertz CT molecular complexity index is 1140. The molecule has 1 aliphatic heterocycles. The van der Waals surface area contributed by atoms with Crippen LogP contribution in [-0.4, -0.2) is 0 Å². The lowest BCUT2D eigenvalue weighted by atomic mass is 10.0. The Morgan fingerprint density at radius 1 is 0.571 bits per heavy atom. The highest BCUT2D eigenvalue weighted by Crippen LogP contribution is 2.32. The molecule has 0 radical (unpaired) electrons. The molecule has 0 saturated heterocycles. The third-order valence-electron chi connectivity index (χ3n) is 4.75. The van der Waals surface area contributed by atoms with Crippen molar-refractivity contribution in [1.82, 2.24) is 0 Å². The van der Waals surface area contributed by atoms with Crippen molar-refractivity contribution >= 4 is 5.70 Å². The number of nitrogens with zero attached hydrogens (tertiary/aromatic N) is 2. The van der Waals surface area contributed by atoms with Crippen LogP contribution >= 0.6 is 0 Å². The summed E-state index contributed by atoms with van der Waals surface area (Å²) in [5.41, 5.74) is 11.0. The minimum absolute atomic E-state index is 0.694. The molecule has 3 heteroatoms. The molecule has 0 unspecified atom stereocenters. The van der Waals surface area contributed by atoms with Crippen molar-refractivity contribution < 1.29 is 9.41 Å². The van der Waals surface area contributed by atoms with E-state index in [1.807, 2.05) is 77.5 Å². The van der Waals surface area contributed by atoms with E-state index in [2.05, 4.69) is 30.3 Å². The number of rotatable bonds is 3. The topological polar surface area (TPSA) is 27.2 Å². The molecule has 0 atom stereocenters. The van der Waals surface area contributed by atoms with Crippen LogP contribution in [0.3, 0.4) is 0 Å². The summed E-state index contributed by atoms with van der Waals surface area (Å²) in [5, 5.41) is 0. The Balaban J connectivity index is 1.65. The zero-order chi connectivity index (χ0) is 18.8. The summed E-state index contributed by atoms with van der Waals surface area (Å²) in [6, 6.07) is 34.9. The third-order valence-corrected chi connectivity index (χ3v) is 4.75. The van der Waals surface area contributed by atoms with Gasteiger partial charge in [-0.1, -0.05) is 78.9 Å². The number of hydrogen-bond acceptors (Lipinski definition) is 1. The molecule has 134 valence electrons. The van der Waals surface area contributed by atoms with Crippen LogP contribution in [0.25, 0.3) is 33.5 Å². The Hall–Kier alpha value is -3.85. The fraction of sp³-hybridized carbons (Fsp3) is 0. The number of hydrogen-bond donors (Lipinski definition) is 0. The van der Waals surface area contributed by atoms with Gasteiger partial charge in [0, 0.05) is 11.6 Å². The van der Waals surface area contributed by atoms with E-state index in [0.717, 1.165) is 33.6 Å². The number of aromatic nitrogens is 1. The number of benzene rings is 3. The van der Waals surface area contributed by atoms with Crippen LogP contribution in [0.5, 0.6) is 5.88 Å². The van der Waals surface area contributed by atoms with Gasteiger partial charge < -0.3 is 10.2 Å². The van der Waals surface area contributed by atoms with Crippen LogP contribution in [0.1, 0.15) is 5.56 Å². The average molecular weight is 362 g/mol. The molecule has 1 aliphatic rings. The number of pyridine rings is 1. The van der Waals surface area contributed by atoms with Crippen LogP contribution in [0.2, 0.25) is 0 Å². The van der Waals surface area contributed by atoms with Gasteiger partial charge in [0.25, 0.3) is 0 Å². The second-order valence-corrected chi connectivity index (χ2v) is 6.60. The van der Waals surface area contributed by atoms with E-state index in [9.17, 15) is 0 Å². The monoisotopic (exact) mass is 362 g/mol. The molecule has 2 heterocycles. The molecule has 1 aromatic heterocycles. The summed E-state index contributed by atoms with van der Waals surface area (Å²) in [4.78, 5) is 0. The maximum Gasteiger partial charge on any atom is 0.369 e. The van der Waals surface area contributed by atoms with Gasteiger partial charge in [-0.05, 0) is 34.5 Å². The van der Waals surface area contributed by atoms with Crippen molar-refractivity contribution in [3.63, 3.8) is 0 Å². The molecule has 4 aromatic rings. The van der Waals surface area contributed by atoms with Crippen molar-refractivity contribution in [1.29, 1.82) is 0 Å². The molecule has 0 saturated carbocycles. The number of fused-ring (bicyclic) bond motifs is 1. The molecule has 0 bridgehead atoms. The molecule has 3 aromatic carbocycles. The summed E-state index contributed by atoms with van der Waals surface area (Å²) in [6.07, 6.45) is 1.72. The number of ether oxygens (including phenoxy) is 1. The highest BCUT2D eigenvalue weighted by Gasteiger charge is 2.21. The lowest BCUT2D eigenvalue weighted by Crippen LogP contribution is -2.36. The van der Waals surface area contributed by atoms with E-state index >= 15 is 0 Å². The van der Waals surface area contributed by atoms with Gasteiger partial charge in [0.1, 0.15) is 0 Å². The normalized spacial score (nSPS) is 12.4. The van der Waals surface area contributed by atoms with Crippen LogP contribution in [0.4, 0.5) is 0 Å². The summed E-state index contributed by atoms with van der Waals surface area (Å²) in [7, 11) is 0. The van der Waals surface area contributed by atoms with Crippen molar-refractivity contribution in [2.45, 2.75) is 0 Å². The maximum absolute atomic E-state index is 6.02. The van der Waals surface area contributed by atoms with Crippen LogP contribution in [0.15, 0.2) is 109 Å². The summed E-state index contributed by atoms with van der Waals surface area (Å²) in [6.45, 7) is 0. The van der Waals surface area contributed by atoms with E-state index in [1.54, 1.807) is 6.26 Å². The van der Waals surface area contributed by atoms with Gasteiger partial charge in [-0.2, -0.15) is 4.68 Å². The first-order chi connectivity index (χ1) is 13.9. The van der Waals surface area contributed by atoms with Gasteiger partial charge in [0.2, 0.25) is 5.69 Å². The Kier molecular flexibility index (Phi) is 4.11. The van der Waals surface area contributed by atoms with Gasteiger partial charge in [0.05, 0.1) is 12.3 Å². The van der Waals surface area contributed by atoms with Crippen LogP contribution < -0.4 is 9.41 Å². The molecular formula is C25H18N2O. The fourth-order valence-electron chi connectivity index (χ4n) is 3.34. The van der Waals surface area contributed by atoms with Crippen molar-refractivity contribution in [2.75, 3.05) is 0 Å². The minimum Gasteiger partial charge on any atom is -0.414 e. The molecule has 0 fully saturated rings. The predicted molar refractivity (Wildman–Crippen MR) is 111 cm³/mol.